The third-order valence-electron chi connectivity index (χ3n) is 7.28. The van der Waals surface area contributed by atoms with E-state index in [9.17, 15) is 24.0 Å². The average molecular weight is 733 g/mol. The summed E-state index contributed by atoms with van der Waals surface area (Å²) < 4.78 is 9.48. The maximum atomic E-state index is 14.0. The molecule has 246 valence electrons. The Bertz CT molecular complexity index is 1400. The van der Waals surface area contributed by atoms with E-state index in [-0.39, 0.29) is 36.5 Å². The molecule has 3 aromatic carbocycles. The summed E-state index contributed by atoms with van der Waals surface area (Å²) in [5.41, 5.74) is 5.82. The Morgan fingerprint density at radius 3 is 1.83 bits per heavy atom. The Kier molecular flexibility index (Phi) is 13.9. The number of nitrogens with two attached hydrogens (primary N) is 1. The van der Waals surface area contributed by atoms with Crippen LogP contribution in [0.15, 0.2) is 91.0 Å². The minimum absolute atomic E-state index is 0.00330. The molecule has 0 aromatic heterocycles. The summed E-state index contributed by atoms with van der Waals surface area (Å²) in [6.07, 6.45) is -0.0860. The fraction of sp³-hybridized carbons (Fsp3) is 0.303. The molecule has 2 atom stereocenters. The Balaban J connectivity index is 1.88. The molecule has 0 aliphatic rings. The fourth-order valence-electron chi connectivity index (χ4n) is 4.86. The zero-order chi connectivity index (χ0) is 33.6. The molecule has 0 bridgehead atoms. The minimum atomic E-state index is -3.58. The SMILES string of the molecule is CCOC(=O)C(N)CCC(=O)NC(CSC(=O)CP(Br)(c1ccccc1)(c1ccccc1)c1ccccc1)C(=O)NCC(=O)OC. The van der Waals surface area contributed by atoms with Crippen molar-refractivity contribution in [3.05, 3.63) is 91.0 Å². The molecule has 2 unspecified atom stereocenters. The molecule has 0 fully saturated rings. The fourth-order valence-corrected chi connectivity index (χ4v) is 14.2. The number of rotatable bonds is 16. The molecule has 46 heavy (non-hydrogen) atoms. The predicted molar refractivity (Wildman–Crippen MR) is 187 cm³/mol. The van der Waals surface area contributed by atoms with Gasteiger partial charge in [0.25, 0.3) is 0 Å². The Hall–Kier alpha value is -3.57. The van der Waals surface area contributed by atoms with Crippen molar-refractivity contribution in [2.24, 2.45) is 5.73 Å². The van der Waals surface area contributed by atoms with Gasteiger partial charge >= 0.3 is 269 Å². The van der Waals surface area contributed by atoms with E-state index >= 15 is 0 Å². The molecule has 0 spiro atoms. The second-order valence-corrected chi connectivity index (χ2v) is 20.3. The number of nitrogens with one attached hydrogen (secondary N) is 2. The van der Waals surface area contributed by atoms with Crippen LogP contribution in [-0.4, -0.2) is 73.1 Å². The number of methoxy groups -OCH3 is 1. The van der Waals surface area contributed by atoms with Gasteiger partial charge in [0, 0.05) is 0 Å². The number of amides is 2. The Labute approximate surface area is 281 Å². The van der Waals surface area contributed by atoms with E-state index in [1.165, 1.54) is 7.11 Å². The number of ether oxygens (including phenoxy) is 2. The normalized spacial score (nSPS) is 13.3. The van der Waals surface area contributed by atoms with Crippen LogP contribution in [-0.2, 0) is 33.4 Å². The number of benzene rings is 3. The summed E-state index contributed by atoms with van der Waals surface area (Å²) in [7, 11) is 1.19. The third kappa shape index (κ3) is 9.25. The van der Waals surface area contributed by atoms with Crippen molar-refractivity contribution >= 4 is 77.3 Å². The van der Waals surface area contributed by atoms with Crippen molar-refractivity contribution in [2.75, 3.05) is 32.2 Å². The third-order valence-corrected chi connectivity index (χ3v) is 17.9. The van der Waals surface area contributed by atoms with Gasteiger partial charge in [0.05, 0.1) is 6.61 Å². The first kappa shape index (κ1) is 36.9. The second-order valence-electron chi connectivity index (χ2n) is 10.3. The summed E-state index contributed by atoms with van der Waals surface area (Å²) >= 11 is 5.16. The molecule has 4 N–H and O–H groups in total. The quantitative estimate of drug-likeness (QED) is 0.149. The number of halogens is 1. The van der Waals surface area contributed by atoms with Gasteiger partial charge in [-0.15, -0.1) is 0 Å². The Morgan fingerprint density at radius 1 is 0.870 bits per heavy atom. The molecular formula is C33H39BrN3O7PS. The van der Waals surface area contributed by atoms with Gasteiger partial charge in [-0.1, -0.05) is 0 Å². The van der Waals surface area contributed by atoms with E-state index in [1.54, 1.807) is 6.92 Å². The zero-order valence-electron chi connectivity index (χ0n) is 25.7. The van der Waals surface area contributed by atoms with E-state index < -0.39 is 47.7 Å². The van der Waals surface area contributed by atoms with Gasteiger partial charge in [-0.25, -0.2) is 0 Å². The number of esters is 2. The number of carbonyl (C=O) groups is 5. The van der Waals surface area contributed by atoms with Crippen molar-refractivity contribution in [1.29, 1.82) is 0 Å². The Morgan fingerprint density at radius 2 is 1.37 bits per heavy atom. The second kappa shape index (κ2) is 17.4. The van der Waals surface area contributed by atoms with Crippen molar-refractivity contribution in [1.82, 2.24) is 10.6 Å². The van der Waals surface area contributed by atoms with Crippen molar-refractivity contribution in [3.8, 4) is 0 Å². The van der Waals surface area contributed by atoms with Crippen molar-refractivity contribution in [2.45, 2.75) is 31.8 Å². The van der Waals surface area contributed by atoms with E-state index in [4.69, 9.17) is 10.5 Å². The molecule has 0 saturated carbocycles. The molecule has 0 aliphatic heterocycles. The molecule has 0 saturated heterocycles. The van der Waals surface area contributed by atoms with Crippen LogP contribution >= 0.6 is 32.6 Å². The van der Waals surface area contributed by atoms with Crippen LogP contribution in [0.1, 0.15) is 19.8 Å². The summed E-state index contributed by atoms with van der Waals surface area (Å²) in [6.45, 7) is 1.39. The summed E-state index contributed by atoms with van der Waals surface area (Å²) in [5.74, 6) is -2.63. The number of thioether (sulfide) groups is 1. The molecule has 10 nitrogen and oxygen atoms in total. The first-order chi connectivity index (χ1) is 22.0. The standard InChI is InChI=1S/C33H39BrN3O7PS/c1-3-44-33(42)27(35)19-20-29(38)37-28(32(41)36-21-30(39)43-2)23-46-31(40)22-45(34,24-13-7-4-8-14-24,25-15-9-5-10-16-25)26-17-11-6-12-18-26/h4-18,27-28H,3,19-23,35H2,1-2H3,(H,36,41)(H,37,38). The molecule has 0 radical (unpaired) electrons. The molecule has 13 heteroatoms. The van der Waals surface area contributed by atoms with E-state index in [0.717, 1.165) is 27.7 Å². The maximum absolute atomic E-state index is 14.0. The van der Waals surface area contributed by atoms with Crippen LogP contribution in [0.2, 0.25) is 0 Å². The zero-order valence-corrected chi connectivity index (χ0v) is 29.0. The number of hydrogen-bond acceptors (Lipinski definition) is 9. The van der Waals surface area contributed by atoms with Gasteiger partial charge in [-0.3, -0.25) is 0 Å². The van der Waals surface area contributed by atoms with Gasteiger partial charge in [0.1, 0.15) is 0 Å². The summed E-state index contributed by atoms with van der Waals surface area (Å²) in [4.78, 5) is 63.5. The van der Waals surface area contributed by atoms with E-state index in [2.05, 4.69) is 30.9 Å². The summed E-state index contributed by atoms with van der Waals surface area (Å²) in [6, 6.07) is 27.3. The molecular weight excluding hydrogens is 693 g/mol. The molecule has 3 rings (SSSR count). The molecule has 2 amide bonds. The summed E-state index contributed by atoms with van der Waals surface area (Å²) in [5, 5.41) is 4.14. The first-order valence-corrected chi connectivity index (χ1v) is 20.1. The van der Waals surface area contributed by atoms with Gasteiger partial charge in [0.15, 0.2) is 0 Å². The predicted octanol–water partition coefficient (Wildman–Crippen LogP) is 2.53. The van der Waals surface area contributed by atoms with Crippen LogP contribution in [0, 0.1) is 0 Å². The van der Waals surface area contributed by atoms with E-state index in [0.29, 0.717) is 0 Å². The van der Waals surface area contributed by atoms with Crippen LogP contribution in [0.3, 0.4) is 0 Å². The van der Waals surface area contributed by atoms with Crippen LogP contribution in [0.25, 0.3) is 0 Å². The van der Waals surface area contributed by atoms with Gasteiger partial charge in [-0.05, 0) is 6.92 Å². The number of carbonyl (C=O) groups excluding carboxylic acids is 5. The van der Waals surface area contributed by atoms with Crippen molar-refractivity contribution < 1.29 is 33.4 Å². The molecule has 3 aromatic rings. The topological polar surface area (TPSA) is 154 Å². The monoisotopic (exact) mass is 731 g/mol. The van der Waals surface area contributed by atoms with Gasteiger partial charge in [-0.2, -0.15) is 0 Å². The van der Waals surface area contributed by atoms with Gasteiger partial charge < -0.3 is 0 Å². The van der Waals surface area contributed by atoms with Crippen molar-refractivity contribution in [3.63, 3.8) is 0 Å². The van der Waals surface area contributed by atoms with Crippen LogP contribution in [0.4, 0.5) is 0 Å². The van der Waals surface area contributed by atoms with Crippen LogP contribution in [0.5, 0.6) is 0 Å². The number of hydrogen-bond donors (Lipinski definition) is 3. The van der Waals surface area contributed by atoms with E-state index in [1.807, 2.05) is 91.0 Å². The molecule has 0 aliphatic carbocycles. The van der Waals surface area contributed by atoms with Crippen LogP contribution < -0.4 is 32.3 Å². The average Bonchev–Trinajstić information content (AvgIpc) is 3.08. The molecule has 0 heterocycles. The van der Waals surface area contributed by atoms with Gasteiger partial charge in [0.2, 0.25) is 0 Å². The first-order valence-electron chi connectivity index (χ1n) is 14.6.